The molecule has 29 heavy (non-hydrogen) atoms. The molecule has 1 heterocycles. The lowest BCUT2D eigenvalue weighted by molar-refractivity contribution is 0.104. The first-order valence-electron chi connectivity index (χ1n) is 9.37. The molecule has 0 aliphatic carbocycles. The number of methoxy groups -OCH3 is 1. The third kappa shape index (κ3) is 4.50. The molecule has 0 bridgehead atoms. The van der Waals surface area contributed by atoms with Crippen molar-refractivity contribution in [1.29, 1.82) is 0 Å². The van der Waals surface area contributed by atoms with E-state index in [1.807, 2.05) is 13.1 Å². The topological polar surface area (TPSA) is 90.2 Å². The molecule has 0 unspecified atom stereocenters. The Kier molecular flexibility index (Phi) is 6.36. The number of phenols is 2. The number of nitrogens with zero attached hydrogens (tertiary/aromatic N) is 1. The molecule has 1 aliphatic rings. The Bertz CT molecular complexity index is 960. The van der Waals surface area contributed by atoms with E-state index >= 15 is 0 Å². The Balaban J connectivity index is 2.04. The summed E-state index contributed by atoms with van der Waals surface area (Å²) in [5.74, 6) is -0.233. The average Bonchev–Trinajstić information content (AvgIpc) is 2.73. The molecule has 0 saturated carbocycles. The Morgan fingerprint density at radius 2 is 1.97 bits per heavy atom. The van der Waals surface area contributed by atoms with Crippen LogP contribution in [0.25, 0.3) is 11.6 Å². The number of allylic oxidation sites excluding steroid dienone is 1. The van der Waals surface area contributed by atoms with Crippen LogP contribution in [0.5, 0.6) is 17.2 Å². The quantitative estimate of drug-likeness (QED) is 0.514. The highest BCUT2D eigenvalue weighted by molar-refractivity contribution is 6.11. The first-order chi connectivity index (χ1) is 13.9. The number of hydrogen-bond acceptors (Lipinski definition) is 6. The number of aliphatic hydroxyl groups excluding tert-OH is 1. The van der Waals surface area contributed by atoms with Crippen LogP contribution in [0.2, 0.25) is 0 Å². The molecule has 0 fully saturated rings. The van der Waals surface area contributed by atoms with Gasteiger partial charge in [0, 0.05) is 18.7 Å². The van der Waals surface area contributed by atoms with Crippen LogP contribution in [0.15, 0.2) is 42.5 Å². The maximum atomic E-state index is 12.9. The van der Waals surface area contributed by atoms with Gasteiger partial charge in [0.2, 0.25) is 0 Å². The number of ketones is 1. The van der Waals surface area contributed by atoms with Crippen molar-refractivity contribution in [2.24, 2.45) is 0 Å². The van der Waals surface area contributed by atoms with Crippen LogP contribution in [0, 0.1) is 0 Å². The van der Waals surface area contributed by atoms with Crippen LogP contribution < -0.4 is 4.74 Å². The molecule has 0 saturated heterocycles. The second-order valence-electron chi connectivity index (χ2n) is 7.03. The molecular formula is C23H25NO5. The highest BCUT2D eigenvalue weighted by Gasteiger charge is 2.25. The minimum atomic E-state index is -0.410. The molecule has 0 atom stereocenters. The largest absolute Gasteiger partial charge is 0.508 e. The van der Waals surface area contributed by atoms with E-state index in [9.17, 15) is 20.1 Å². The fraction of sp³-hybridized carbons (Fsp3) is 0.261. The van der Waals surface area contributed by atoms with Gasteiger partial charge < -0.3 is 25.0 Å². The lowest BCUT2D eigenvalue weighted by atomic mass is 9.90. The Labute approximate surface area is 170 Å². The Hall–Kier alpha value is -3.09. The van der Waals surface area contributed by atoms with E-state index in [1.165, 1.54) is 25.3 Å². The molecule has 2 aromatic carbocycles. The third-order valence-corrected chi connectivity index (χ3v) is 5.04. The van der Waals surface area contributed by atoms with Crippen LogP contribution in [-0.2, 0) is 6.61 Å². The second-order valence-corrected chi connectivity index (χ2v) is 7.03. The number of benzene rings is 2. The number of phenolic OH excluding ortho intramolecular Hbond substituents is 2. The van der Waals surface area contributed by atoms with Gasteiger partial charge in [0.1, 0.15) is 22.8 Å². The third-order valence-electron chi connectivity index (χ3n) is 5.04. The zero-order valence-corrected chi connectivity index (χ0v) is 16.6. The van der Waals surface area contributed by atoms with Crippen LogP contribution in [-0.4, -0.2) is 53.2 Å². The summed E-state index contributed by atoms with van der Waals surface area (Å²) in [5.41, 5.74) is 2.73. The zero-order chi connectivity index (χ0) is 21.0. The van der Waals surface area contributed by atoms with Crippen molar-refractivity contribution in [3.8, 4) is 17.2 Å². The Morgan fingerprint density at radius 3 is 2.55 bits per heavy atom. The van der Waals surface area contributed by atoms with Gasteiger partial charge in [-0.3, -0.25) is 4.79 Å². The van der Waals surface area contributed by atoms with Gasteiger partial charge in [-0.25, -0.2) is 0 Å². The molecule has 6 nitrogen and oxygen atoms in total. The molecule has 2 aromatic rings. The van der Waals surface area contributed by atoms with Gasteiger partial charge in [-0.1, -0.05) is 24.3 Å². The van der Waals surface area contributed by atoms with Crippen molar-refractivity contribution in [3.63, 3.8) is 0 Å². The Morgan fingerprint density at radius 1 is 1.24 bits per heavy atom. The predicted octanol–water partition coefficient (Wildman–Crippen LogP) is 3.21. The maximum absolute atomic E-state index is 12.9. The average molecular weight is 395 g/mol. The summed E-state index contributed by atoms with van der Waals surface area (Å²) in [7, 11) is 3.43. The van der Waals surface area contributed by atoms with Crippen LogP contribution in [0.4, 0.5) is 0 Å². The molecule has 3 N–H and O–H groups in total. The van der Waals surface area contributed by atoms with E-state index in [0.29, 0.717) is 17.5 Å². The smallest absolute Gasteiger partial charge is 0.193 e. The van der Waals surface area contributed by atoms with E-state index in [4.69, 9.17) is 4.74 Å². The van der Waals surface area contributed by atoms with E-state index in [1.54, 1.807) is 24.3 Å². The van der Waals surface area contributed by atoms with Crippen LogP contribution in [0.1, 0.15) is 33.5 Å². The second kappa shape index (κ2) is 8.94. The number of rotatable bonds is 6. The number of ether oxygens (including phenoxy) is 1. The number of carbonyl (C=O) groups is 1. The SMILES string of the molecule is COc1cc(CO)c(C2=CCN(C)CC2)c(O)c1C(=O)C=Cc1ccc(O)cc1. The highest BCUT2D eigenvalue weighted by atomic mass is 16.5. The highest BCUT2D eigenvalue weighted by Crippen LogP contribution is 2.40. The van der Waals surface area contributed by atoms with Gasteiger partial charge in [-0.2, -0.15) is 0 Å². The van der Waals surface area contributed by atoms with Crippen molar-refractivity contribution in [2.75, 3.05) is 27.2 Å². The van der Waals surface area contributed by atoms with Crippen LogP contribution in [0.3, 0.4) is 0 Å². The summed E-state index contributed by atoms with van der Waals surface area (Å²) < 4.78 is 5.33. The number of aliphatic hydroxyl groups is 1. The summed E-state index contributed by atoms with van der Waals surface area (Å²) >= 11 is 0. The monoisotopic (exact) mass is 395 g/mol. The first kappa shape index (κ1) is 20.6. The van der Waals surface area contributed by atoms with Crippen molar-refractivity contribution < 1.29 is 24.9 Å². The molecule has 0 radical (unpaired) electrons. The molecule has 152 valence electrons. The summed E-state index contributed by atoms with van der Waals surface area (Å²) in [6.07, 6.45) is 5.68. The molecule has 0 aromatic heterocycles. The molecule has 1 aliphatic heterocycles. The fourth-order valence-electron chi connectivity index (χ4n) is 3.42. The summed E-state index contributed by atoms with van der Waals surface area (Å²) in [4.78, 5) is 15.1. The number of aromatic hydroxyl groups is 2. The van der Waals surface area contributed by atoms with Crippen molar-refractivity contribution >= 4 is 17.4 Å². The molecule has 0 amide bonds. The molecule has 6 heteroatoms. The first-order valence-corrected chi connectivity index (χ1v) is 9.37. The van der Waals surface area contributed by atoms with Gasteiger partial charge >= 0.3 is 0 Å². The molecule has 0 spiro atoms. The van der Waals surface area contributed by atoms with Gasteiger partial charge in [0.05, 0.1) is 13.7 Å². The van der Waals surface area contributed by atoms with Gasteiger partial charge in [0.25, 0.3) is 0 Å². The van der Waals surface area contributed by atoms with E-state index in [2.05, 4.69) is 4.90 Å². The van der Waals surface area contributed by atoms with E-state index in [0.717, 1.165) is 24.2 Å². The predicted molar refractivity (Wildman–Crippen MR) is 112 cm³/mol. The summed E-state index contributed by atoms with van der Waals surface area (Å²) in [5, 5.41) is 30.2. The summed E-state index contributed by atoms with van der Waals surface area (Å²) in [6, 6.07) is 8.03. The van der Waals surface area contributed by atoms with Crippen molar-refractivity contribution in [2.45, 2.75) is 13.0 Å². The van der Waals surface area contributed by atoms with Crippen molar-refractivity contribution in [3.05, 3.63) is 64.7 Å². The van der Waals surface area contributed by atoms with Gasteiger partial charge in [0.15, 0.2) is 5.78 Å². The lowest BCUT2D eigenvalue weighted by Gasteiger charge is -2.25. The minimum absolute atomic E-state index is 0.0644. The number of likely N-dealkylation sites (N-methyl/N-ethyl adjacent to an activating group) is 1. The lowest BCUT2D eigenvalue weighted by Crippen LogP contribution is -2.24. The number of hydrogen-bond donors (Lipinski definition) is 3. The normalized spacial score (nSPS) is 14.8. The summed E-state index contributed by atoms with van der Waals surface area (Å²) in [6.45, 7) is 1.28. The van der Waals surface area contributed by atoms with E-state index < -0.39 is 5.78 Å². The maximum Gasteiger partial charge on any atom is 0.193 e. The standard InChI is InChI=1S/C23H25NO5/c1-24-11-9-16(10-12-24)21-17(14-25)13-20(29-2)22(23(21)28)19(27)8-5-15-3-6-18(26)7-4-15/h3-9,13,25-26,28H,10-12,14H2,1-2H3. The molecular weight excluding hydrogens is 370 g/mol. The van der Waals surface area contributed by atoms with Gasteiger partial charge in [-0.05, 0) is 54.4 Å². The van der Waals surface area contributed by atoms with Crippen LogP contribution >= 0.6 is 0 Å². The van der Waals surface area contributed by atoms with Crippen molar-refractivity contribution in [1.82, 2.24) is 4.90 Å². The zero-order valence-electron chi connectivity index (χ0n) is 16.6. The van der Waals surface area contributed by atoms with E-state index in [-0.39, 0.29) is 29.4 Å². The molecule has 3 rings (SSSR count). The fourth-order valence-corrected chi connectivity index (χ4v) is 3.42. The number of carbonyl (C=O) groups excluding carboxylic acids is 1. The van der Waals surface area contributed by atoms with Gasteiger partial charge in [-0.15, -0.1) is 0 Å². The minimum Gasteiger partial charge on any atom is -0.508 e.